The molecule has 0 aliphatic heterocycles. The maximum atomic E-state index is 11.9. The van der Waals surface area contributed by atoms with Crippen molar-refractivity contribution in [2.75, 3.05) is 0 Å². The van der Waals surface area contributed by atoms with E-state index in [0.29, 0.717) is 24.1 Å². The van der Waals surface area contributed by atoms with Crippen LogP contribution in [0.5, 0.6) is 0 Å². The second-order valence-electron chi connectivity index (χ2n) is 6.47. The molecule has 0 bridgehead atoms. The van der Waals surface area contributed by atoms with Gasteiger partial charge in [-0.25, -0.2) is 13.1 Å². The largest absolute Gasteiger partial charge is 0.339 e. The van der Waals surface area contributed by atoms with Gasteiger partial charge in [-0.3, -0.25) is 0 Å². The molecular formula is C16H19N3O3S. The molecule has 2 aliphatic carbocycles. The second kappa shape index (κ2) is 5.72. The van der Waals surface area contributed by atoms with Crippen molar-refractivity contribution in [1.82, 2.24) is 14.9 Å². The van der Waals surface area contributed by atoms with Crippen molar-refractivity contribution in [2.24, 2.45) is 5.92 Å². The molecule has 2 aromatic rings. The molecule has 2 atom stereocenters. The molecule has 1 N–H and O–H groups in total. The molecule has 6 nitrogen and oxygen atoms in total. The number of sulfonamides is 1. The minimum Gasteiger partial charge on any atom is -0.339 e. The summed E-state index contributed by atoms with van der Waals surface area (Å²) in [4.78, 5) is 4.23. The molecule has 0 unspecified atom stereocenters. The first-order valence-electron chi connectivity index (χ1n) is 7.95. The van der Waals surface area contributed by atoms with Crippen molar-refractivity contribution >= 4 is 10.0 Å². The second-order valence-corrected chi connectivity index (χ2v) is 8.23. The summed E-state index contributed by atoms with van der Waals surface area (Å²) in [6.45, 7) is 0. The van der Waals surface area contributed by atoms with Gasteiger partial charge in [0.1, 0.15) is 5.75 Å². The molecule has 0 spiro atoms. The Kier molecular flexibility index (Phi) is 3.69. The Morgan fingerprint density at radius 3 is 2.74 bits per heavy atom. The lowest BCUT2D eigenvalue weighted by atomic mass is 10.1. The predicted molar refractivity (Wildman–Crippen MR) is 84.1 cm³/mol. The zero-order valence-electron chi connectivity index (χ0n) is 12.7. The highest BCUT2D eigenvalue weighted by Crippen LogP contribution is 2.48. The molecule has 2 saturated carbocycles. The molecule has 0 saturated heterocycles. The van der Waals surface area contributed by atoms with Crippen LogP contribution in [0.3, 0.4) is 0 Å². The van der Waals surface area contributed by atoms with E-state index in [4.69, 9.17) is 4.52 Å². The number of nitrogens with one attached hydrogen (secondary N) is 1. The average Bonchev–Trinajstić information content (AvgIpc) is 3.41. The summed E-state index contributed by atoms with van der Waals surface area (Å²) in [7, 11) is -3.36. The summed E-state index contributed by atoms with van der Waals surface area (Å²) in [6, 6.07) is 10.5. The molecule has 0 radical (unpaired) electrons. The van der Waals surface area contributed by atoms with Gasteiger partial charge in [-0.05, 0) is 36.7 Å². The number of benzene rings is 1. The average molecular weight is 333 g/mol. The minimum absolute atomic E-state index is 0.101. The van der Waals surface area contributed by atoms with Crippen molar-refractivity contribution in [2.45, 2.75) is 43.4 Å². The minimum atomic E-state index is -3.36. The van der Waals surface area contributed by atoms with E-state index in [1.54, 1.807) is 0 Å². The molecular weight excluding hydrogens is 314 g/mol. The van der Waals surface area contributed by atoms with Crippen LogP contribution in [0, 0.1) is 5.92 Å². The van der Waals surface area contributed by atoms with E-state index < -0.39 is 10.0 Å². The van der Waals surface area contributed by atoms with E-state index in [9.17, 15) is 8.42 Å². The van der Waals surface area contributed by atoms with Gasteiger partial charge in [0.25, 0.3) is 0 Å². The van der Waals surface area contributed by atoms with E-state index in [1.165, 1.54) is 5.56 Å². The Hall–Kier alpha value is -1.73. The SMILES string of the molecule is O=S(=O)(Cc1noc(C[C@@H]2C[C@H]2c2ccccc2)n1)NC1CC1. The van der Waals surface area contributed by atoms with Crippen LogP contribution in [0.1, 0.15) is 42.5 Å². The smallest absolute Gasteiger partial charge is 0.226 e. The molecule has 7 heteroatoms. The van der Waals surface area contributed by atoms with Crippen molar-refractivity contribution in [3.05, 3.63) is 47.6 Å². The number of aromatic nitrogens is 2. The highest BCUT2D eigenvalue weighted by atomic mass is 32.2. The van der Waals surface area contributed by atoms with Crippen molar-refractivity contribution in [3.63, 3.8) is 0 Å². The van der Waals surface area contributed by atoms with E-state index in [-0.39, 0.29) is 17.6 Å². The molecule has 1 aromatic heterocycles. The number of hydrogen-bond acceptors (Lipinski definition) is 5. The van der Waals surface area contributed by atoms with Crippen LogP contribution in [0.25, 0.3) is 0 Å². The third kappa shape index (κ3) is 3.79. The van der Waals surface area contributed by atoms with Crippen LogP contribution in [-0.4, -0.2) is 24.6 Å². The van der Waals surface area contributed by atoms with Gasteiger partial charge in [-0.2, -0.15) is 4.98 Å². The first-order valence-corrected chi connectivity index (χ1v) is 9.61. The Balaban J connectivity index is 1.34. The highest BCUT2D eigenvalue weighted by Gasteiger charge is 2.39. The fourth-order valence-electron chi connectivity index (χ4n) is 2.90. The molecule has 2 aliphatic rings. The van der Waals surface area contributed by atoms with E-state index >= 15 is 0 Å². The van der Waals surface area contributed by atoms with Gasteiger partial charge < -0.3 is 4.52 Å². The monoisotopic (exact) mass is 333 g/mol. The lowest BCUT2D eigenvalue weighted by molar-refractivity contribution is 0.368. The topological polar surface area (TPSA) is 85.1 Å². The molecule has 23 heavy (non-hydrogen) atoms. The van der Waals surface area contributed by atoms with Crippen LogP contribution < -0.4 is 4.72 Å². The summed E-state index contributed by atoms with van der Waals surface area (Å²) in [5.74, 6) is 1.62. The Morgan fingerprint density at radius 1 is 1.22 bits per heavy atom. The van der Waals surface area contributed by atoms with E-state index in [2.05, 4.69) is 27.0 Å². The van der Waals surface area contributed by atoms with Gasteiger partial charge in [0.05, 0.1) is 0 Å². The molecule has 1 aromatic carbocycles. The summed E-state index contributed by atoms with van der Waals surface area (Å²) < 4.78 is 31.6. The van der Waals surface area contributed by atoms with E-state index in [0.717, 1.165) is 19.3 Å². The first kappa shape index (κ1) is 14.8. The van der Waals surface area contributed by atoms with Crippen molar-refractivity contribution in [3.8, 4) is 0 Å². The quantitative estimate of drug-likeness (QED) is 0.837. The highest BCUT2D eigenvalue weighted by molar-refractivity contribution is 7.88. The lowest BCUT2D eigenvalue weighted by Gasteiger charge is -2.01. The van der Waals surface area contributed by atoms with Gasteiger partial charge >= 0.3 is 0 Å². The van der Waals surface area contributed by atoms with Crippen molar-refractivity contribution < 1.29 is 12.9 Å². The van der Waals surface area contributed by atoms with Gasteiger partial charge in [-0.15, -0.1) is 0 Å². The summed E-state index contributed by atoms with van der Waals surface area (Å²) >= 11 is 0. The Labute approximate surface area is 135 Å². The molecule has 1 heterocycles. The van der Waals surface area contributed by atoms with Gasteiger partial charge in [0, 0.05) is 12.5 Å². The fraction of sp³-hybridized carbons (Fsp3) is 0.500. The fourth-order valence-corrected chi connectivity index (χ4v) is 4.19. The Bertz CT molecular complexity index is 784. The van der Waals surface area contributed by atoms with Crippen molar-refractivity contribution in [1.29, 1.82) is 0 Å². The predicted octanol–water partition coefficient (Wildman–Crippen LogP) is 2.00. The molecule has 122 valence electrons. The summed E-state index contributed by atoms with van der Waals surface area (Å²) in [5, 5.41) is 3.80. The van der Waals surface area contributed by atoms with Crippen LogP contribution in [0.2, 0.25) is 0 Å². The van der Waals surface area contributed by atoms with Crippen LogP contribution in [-0.2, 0) is 22.2 Å². The number of rotatable bonds is 7. The third-order valence-corrected chi connectivity index (χ3v) is 5.67. The number of nitrogens with zero attached hydrogens (tertiary/aromatic N) is 2. The normalized spacial score (nSPS) is 23.8. The van der Waals surface area contributed by atoms with Crippen LogP contribution in [0.15, 0.2) is 34.9 Å². The van der Waals surface area contributed by atoms with Crippen LogP contribution in [0.4, 0.5) is 0 Å². The maximum absolute atomic E-state index is 11.9. The zero-order valence-corrected chi connectivity index (χ0v) is 13.5. The summed E-state index contributed by atoms with van der Waals surface area (Å²) in [6.07, 6.45) is 3.66. The molecule has 0 amide bonds. The van der Waals surface area contributed by atoms with Gasteiger partial charge in [-0.1, -0.05) is 35.5 Å². The third-order valence-electron chi connectivity index (χ3n) is 4.34. The molecule has 4 rings (SSSR count). The summed E-state index contributed by atoms with van der Waals surface area (Å²) in [5.41, 5.74) is 1.34. The van der Waals surface area contributed by atoms with E-state index in [1.807, 2.05) is 18.2 Å². The standard InChI is InChI=1S/C16H19N3O3S/c20-23(21,19-13-6-7-13)10-15-17-16(22-18-15)9-12-8-14(12)11-4-2-1-3-5-11/h1-5,12-14,19H,6-10H2/t12-,14-/m0/s1. The van der Waals surface area contributed by atoms with Gasteiger partial charge in [0.15, 0.2) is 5.82 Å². The maximum Gasteiger partial charge on any atom is 0.226 e. The Morgan fingerprint density at radius 2 is 2.00 bits per heavy atom. The zero-order chi connectivity index (χ0) is 15.9. The molecule has 2 fully saturated rings. The number of hydrogen-bond donors (Lipinski definition) is 1. The van der Waals surface area contributed by atoms with Crippen LogP contribution >= 0.6 is 0 Å². The van der Waals surface area contributed by atoms with Gasteiger partial charge in [0.2, 0.25) is 15.9 Å². The first-order chi connectivity index (χ1) is 11.1. The lowest BCUT2D eigenvalue weighted by Crippen LogP contribution is -2.27.